The van der Waals surface area contributed by atoms with E-state index < -0.39 is 109 Å². The number of nitrogens with one attached hydrogen (secondary N) is 2. The van der Waals surface area contributed by atoms with Crippen LogP contribution in [0.25, 0.3) is 33.2 Å². The van der Waals surface area contributed by atoms with E-state index in [4.69, 9.17) is 33.7 Å². The van der Waals surface area contributed by atoms with Crippen molar-refractivity contribution in [3.8, 4) is 0 Å². The molecule has 1 aliphatic carbocycles. The molecule has 0 aromatic carbocycles. The monoisotopic (exact) mass is 1210 g/mol. The lowest BCUT2D eigenvalue weighted by atomic mass is 9.85. The number of ether oxygens (including phenoxy) is 5. The van der Waals surface area contributed by atoms with Crippen LogP contribution in [0, 0.1) is 13.8 Å². The normalized spacial score (nSPS) is 15.5. The quantitative estimate of drug-likeness (QED) is 0.0509. The minimum Gasteiger partial charge on any atom is -0.459 e. The number of carbonyl (C=O) groups is 8. The maximum absolute atomic E-state index is 15.2. The van der Waals surface area contributed by atoms with E-state index in [1.165, 1.54) is 0 Å². The summed E-state index contributed by atoms with van der Waals surface area (Å²) < 4.78 is 28.8. The van der Waals surface area contributed by atoms with Gasteiger partial charge in [-0.15, -0.1) is 0 Å². The molecule has 20 heteroatoms. The lowest BCUT2D eigenvalue weighted by Gasteiger charge is -2.31. The van der Waals surface area contributed by atoms with Gasteiger partial charge in [-0.2, -0.15) is 0 Å². The third-order valence-electron chi connectivity index (χ3n) is 15.3. The average molecular weight is 1210 g/mol. The molecule has 87 heavy (non-hydrogen) atoms. The molecule has 3 aliphatic rings. The first-order valence-electron chi connectivity index (χ1n) is 30.7. The molecular weight excluding hydrogens is 1110 g/mol. The number of aromatic nitrogens is 4. The van der Waals surface area contributed by atoms with Crippen LogP contribution in [0.15, 0.2) is 18.2 Å². The average Bonchev–Trinajstić information content (AvgIpc) is 1.60. The number of rotatable bonds is 23. The highest BCUT2D eigenvalue weighted by molar-refractivity contribution is 6.13. The molecule has 0 fully saturated rings. The number of nitrogens with zero attached hydrogens (tertiary/aromatic N) is 5. The van der Waals surface area contributed by atoms with Crippen molar-refractivity contribution in [3.05, 3.63) is 68.8 Å². The third-order valence-corrected chi connectivity index (χ3v) is 15.3. The second-order valence-electron chi connectivity index (χ2n) is 27.3. The van der Waals surface area contributed by atoms with Crippen LogP contribution in [0.3, 0.4) is 0 Å². The molecule has 6 rings (SSSR count). The topological polar surface area (TPSA) is 250 Å². The van der Waals surface area contributed by atoms with Gasteiger partial charge in [-0.25, -0.2) is 4.98 Å². The first-order valence-corrected chi connectivity index (χ1v) is 30.7. The van der Waals surface area contributed by atoms with Gasteiger partial charge in [0.05, 0.1) is 28.7 Å². The molecule has 3 amide bonds. The van der Waals surface area contributed by atoms with Crippen molar-refractivity contribution in [3.63, 3.8) is 0 Å². The fraction of sp³-hybridized carbons (Fsp3) is 0.612. The maximum atomic E-state index is 15.2. The molecular formula is C67H95N7O13. The van der Waals surface area contributed by atoms with Crippen molar-refractivity contribution in [1.29, 1.82) is 0 Å². The summed E-state index contributed by atoms with van der Waals surface area (Å²) in [5.74, 6) is -6.84. The lowest BCUT2D eigenvalue weighted by molar-refractivity contribution is -0.164. The number of carbonyl (C=O) groups excluding carboxylic acids is 8. The summed E-state index contributed by atoms with van der Waals surface area (Å²) in [7, 11) is 0. The Hall–Kier alpha value is -7.22. The van der Waals surface area contributed by atoms with Gasteiger partial charge in [0.25, 0.3) is 0 Å². The first-order chi connectivity index (χ1) is 40.4. The van der Waals surface area contributed by atoms with Crippen molar-refractivity contribution in [2.24, 2.45) is 0 Å². The molecule has 3 atom stereocenters. The van der Waals surface area contributed by atoms with Crippen LogP contribution >= 0.6 is 0 Å². The van der Waals surface area contributed by atoms with E-state index in [9.17, 15) is 33.6 Å². The summed E-state index contributed by atoms with van der Waals surface area (Å²) in [5, 5.41) is 0. The van der Waals surface area contributed by atoms with E-state index >= 15 is 4.79 Å². The van der Waals surface area contributed by atoms with Crippen LogP contribution in [0.4, 0.5) is 0 Å². The number of unbranched alkanes of at least 4 members (excludes halogenated alkanes) is 3. The minimum absolute atomic E-state index is 0.0486. The number of fused-ring (bicyclic) bond motifs is 8. The van der Waals surface area contributed by atoms with Gasteiger partial charge < -0.3 is 48.4 Å². The van der Waals surface area contributed by atoms with Gasteiger partial charge >= 0.3 is 23.9 Å². The van der Waals surface area contributed by atoms with E-state index in [1.54, 1.807) is 83.1 Å². The lowest BCUT2D eigenvalue weighted by Crippen LogP contribution is -2.51. The number of ketones is 1. The molecule has 0 spiro atoms. The van der Waals surface area contributed by atoms with Gasteiger partial charge in [0.2, 0.25) is 17.7 Å². The first kappa shape index (κ1) is 68.9. The second kappa shape index (κ2) is 27.9. The smallest absolute Gasteiger partial charge is 0.326 e. The fourth-order valence-corrected chi connectivity index (χ4v) is 11.3. The summed E-state index contributed by atoms with van der Waals surface area (Å²) in [4.78, 5) is 133. The summed E-state index contributed by atoms with van der Waals surface area (Å²) in [6.45, 7) is 30.3. The standard InChI is InChI=1S/C67H95N7O13/c1-20-22-23-24-27-83-42(7)60-40(5)48-29-47-39(4)44(62(70-47)45-28-52(75)61-41(6)49(71-63(45)61)30-50-43(21-2)38(3)46(68-50)31-51(60)69-48)25-26-53(76)72(32-54(77)73(34-56(79)84-64(8,9)10)35-57(80)85-65(11,12)13)33-55(78)74(36-58(81)86-66(14,15)16)37-59(82)87-67(17,18)19/h29-31,39,42,44,69,71H,20-28,32-37H2,1-19H3/t39-,42?,44-/m0/s1. The number of H-pyrrole nitrogens is 2. The van der Waals surface area contributed by atoms with E-state index in [-0.39, 0.29) is 37.1 Å². The Kier molecular flexibility index (Phi) is 22.1. The molecule has 0 saturated carbocycles. The molecule has 3 aromatic heterocycles. The molecule has 0 saturated heterocycles. The van der Waals surface area contributed by atoms with Crippen LogP contribution in [0.1, 0.15) is 236 Å². The Morgan fingerprint density at radius 2 is 1.09 bits per heavy atom. The number of aryl methyl sites for hydroxylation is 2. The van der Waals surface area contributed by atoms with Gasteiger partial charge in [-0.05, 0) is 171 Å². The minimum atomic E-state index is -0.971. The zero-order chi connectivity index (χ0) is 64.8. The molecule has 20 nitrogen and oxygen atoms in total. The van der Waals surface area contributed by atoms with Crippen LogP contribution < -0.4 is 0 Å². The molecule has 3 aromatic rings. The van der Waals surface area contributed by atoms with Gasteiger partial charge in [0.15, 0.2) is 5.78 Å². The Labute approximate surface area is 513 Å². The van der Waals surface area contributed by atoms with Crippen molar-refractivity contribution >= 4 is 80.6 Å². The van der Waals surface area contributed by atoms with E-state index in [0.717, 1.165) is 103 Å². The summed E-state index contributed by atoms with van der Waals surface area (Å²) in [6, 6.07) is 6.11. The highest BCUT2D eigenvalue weighted by atomic mass is 16.6. The predicted molar refractivity (Wildman–Crippen MR) is 333 cm³/mol. The van der Waals surface area contributed by atoms with Gasteiger partial charge in [0.1, 0.15) is 61.7 Å². The number of Topliss-reactive ketones (excluding diaryl/α,β-unsaturated/α-hetero) is 1. The maximum Gasteiger partial charge on any atom is 0.326 e. The van der Waals surface area contributed by atoms with Gasteiger partial charge in [-0.3, -0.25) is 43.3 Å². The van der Waals surface area contributed by atoms with Crippen LogP contribution in [-0.2, 0) is 63.7 Å². The SMILES string of the molecule is CCCCCCOC(C)c1c(C)c2cc3nc(c4c5[nH]c(cc6nc(cc1[nH]2)C(C)=C6CC)c(C)c5C(=O)C4)[C@@H](CCC(=O)N(CC(=O)N(CC(=O)OC(C)(C)C)CC(=O)OC(C)(C)C)CC(=O)N(CC(=O)OC(C)(C)C)CC(=O)OC(C)(C)C)[C@@H]3C. The summed E-state index contributed by atoms with van der Waals surface area (Å²) in [5.41, 5.74) is 8.16. The number of aromatic amines is 2. The summed E-state index contributed by atoms with van der Waals surface area (Å²) in [6.07, 6.45) is 4.57. The number of amides is 3. The van der Waals surface area contributed by atoms with E-state index in [1.807, 2.05) is 26.0 Å². The highest BCUT2D eigenvalue weighted by Crippen LogP contribution is 2.45. The van der Waals surface area contributed by atoms with E-state index in [0.29, 0.717) is 34.6 Å². The van der Waals surface area contributed by atoms with Crippen molar-refractivity contribution < 1.29 is 62.0 Å². The Bertz CT molecular complexity index is 3200. The van der Waals surface area contributed by atoms with E-state index in [2.05, 4.69) is 50.7 Å². The van der Waals surface area contributed by atoms with Gasteiger partial charge in [-0.1, -0.05) is 40.0 Å². The third kappa shape index (κ3) is 18.4. The van der Waals surface area contributed by atoms with Crippen molar-refractivity contribution in [1.82, 2.24) is 34.6 Å². The Morgan fingerprint density at radius 1 is 0.609 bits per heavy atom. The molecule has 0 radical (unpaired) electrons. The summed E-state index contributed by atoms with van der Waals surface area (Å²) >= 11 is 0. The number of hydrogen-bond acceptors (Lipinski definition) is 15. The molecule has 2 N–H and O–H groups in total. The Balaban J connectivity index is 1.48. The van der Waals surface area contributed by atoms with Crippen molar-refractivity contribution in [2.45, 2.75) is 223 Å². The molecule has 2 aliphatic heterocycles. The molecule has 8 bridgehead atoms. The zero-order valence-corrected chi connectivity index (χ0v) is 55.1. The largest absolute Gasteiger partial charge is 0.459 e. The highest BCUT2D eigenvalue weighted by Gasteiger charge is 2.38. The van der Waals surface area contributed by atoms with Crippen molar-refractivity contribution in [2.75, 3.05) is 45.9 Å². The zero-order valence-electron chi connectivity index (χ0n) is 55.1. The predicted octanol–water partition coefficient (Wildman–Crippen LogP) is 11.2. The van der Waals surface area contributed by atoms with Crippen LogP contribution in [0.2, 0.25) is 0 Å². The van der Waals surface area contributed by atoms with Gasteiger partial charge in [0, 0.05) is 70.2 Å². The molecule has 476 valence electrons. The Morgan fingerprint density at radius 3 is 1.57 bits per heavy atom. The second-order valence-corrected chi connectivity index (χ2v) is 27.3. The molecule has 1 unspecified atom stereocenters. The number of allylic oxidation sites excluding steroid dienone is 2. The molecule has 5 heterocycles. The number of hydrogen-bond donors (Lipinski definition) is 2. The fourth-order valence-electron chi connectivity index (χ4n) is 11.3. The van der Waals surface area contributed by atoms with Crippen LogP contribution in [-0.4, -0.2) is 150 Å². The number of esters is 4. The van der Waals surface area contributed by atoms with Crippen LogP contribution in [0.5, 0.6) is 0 Å².